The highest BCUT2D eigenvalue weighted by molar-refractivity contribution is 6.00. The third kappa shape index (κ3) is 5.48. The Morgan fingerprint density at radius 1 is 0.474 bits per heavy atom. The molecule has 4 aliphatic rings. The van der Waals surface area contributed by atoms with E-state index in [1.807, 2.05) is 0 Å². The number of amidine groups is 1. The van der Waals surface area contributed by atoms with Crippen molar-refractivity contribution in [2.24, 2.45) is 4.99 Å². The maximum Gasteiger partial charge on any atom is 0.129 e. The first kappa shape index (κ1) is 34.3. The van der Waals surface area contributed by atoms with Crippen LogP contribution in [0.1, 0.15) is 103 Å². The zero-order valence-corrected chi connectivity index (χ0v) is 32.9. The van der Waals surface area contributed by atoms with Gasteiger partial charge < -0.3 is 5.32 Å². The highest BCUT2D eigenvalue weighted by atomic mass is 15.1. The zero-order chi connectivity index (χ0) is 38.1. The topological polar surface area (TPSA) is 24.4 Å². The lowest BCUT2D eigenvalue weighted by atomic mass is 9.67. The van der Waals surface area contributed by atoms with Gasteiger partial charge in [0.25, 0.3) is 0 Å². The standard InChI is InChI=1S/C55H48N2/c1-54(2)47-28-16-26-42(52(47)45-34-49-44(33-48(45)54)43-25-10-11-27-46(43)55(49)29-12-5-13-30-55)40-23-14-21-38(31-40)39-22-15-24-41(32-39)51-35-50(36-17-6-3-7-18-36)56-53(57-51)37-19-8-4-9-20-37/h3-4,6-11,14-28,31-34,50-51H,5,12-13,29-30,35H2,1-2H3,(H,56,57). The van der Waals surface area contributed by atoms with Gasteiger partial charge in [0.05, 0.1) is 12.1 Å². The summed E-state index contributed by atoms with van der Waals surface area (Å²) in [5, 5.41) is 3.78. The van der Waals surface area contributed by atoms with Crippen molar-refractivity contribution in [1.29, 1.82) is 0 Å². The molecule has 1 spiro atoms. The molecule has 0 bridgehead atoms. The van der Waals surface area contributed by atoms with E-state index in [4.69, 9.17) is 4.99 Å². The van der Waals surface area contributed by atoms with Gasteiger partial charge in [-0.05, 0) is 121 Å². The largest absolute Gasteiger partial charge is 0.363 e. The molecule has 2 heteroatoms. The van der Waals surface area contributed by atoms with Crippen LogP contribution in [0.25, 0.3) is 44.5 Å². The van der Waals surface area contributed by atoms with Crippen LogP contribution in [0.4, 0.5) is 0 Å². The van der Waals surface area contributed by atoms with Crippen LogP contribution >= 0.6 is 0 Å². The van der Waals surface area contributed by atoms with Crippen LogP contribution in [-0.2, 0) is 10.8 Å². The highest BCUT2D eigenvalue weighted by Crippen LogP contribution is 2.60. The van der Waals surface area contributed by atoms with Crippen molar-refractivity contribution in [3.05, 3.63) is 203 Å². The quantitative estimate of drug-likeness (QED) is 0.187. The first-order valence-corrected chi connectivity index (χ1v) is 21.1. The Morgan fingerprint density at radius 3 is 1.91 bits per heavy atom. The molecule has 0 aromatic heterocycles. The number of nitrogens with one attached hydrogen (secondary N) is 1. The highest BCUT2D eigenvalue weighted by Gasteiger charge is 2.46. The normalized spacial score (nSPS) is 19.5. The number of benzene rings is 7. The van der Waals surface area contributed by atoms with E-state index in [2.05, 4.69) is 183 Å². The maximum atomic E-state index is 5.35. The SMILES string of the molecule is CC1(C)c2cc3c(cc2-c2c(-c4cccc(-c5cccc(C6CC(c7ccccc7)NC(c7ccccc7)=N6)c5)c4)cccc21)C1(CCCCC1)c1ccccc1-3. The van der Waals surface area contributed by atoms with E-state index < -0.39 is 0 Å². The monoisotopic (exact) mass is 736 g/mol. The van der Waals surface area contributed by atoms with Crippen LogP contribution in [0.15, 0.2) is 169 Å². The third-order valence-corrected chi connectivity index (χ3v) is 13.9. The second kappa shape index (κ2) is 13.3. The Hall–Kier alpha value is -5.99. The molecular formula is C55H48N2. The second-order valence-electron chi connectivity index (χ2n) is 17.4. The number of hydrogen-bond donors (Lipinski definition) is 1. The molecule has 2 unspecified atom stereocenters. The van der Waals surface area contributed by atoms with E-state index in [1.54, 1.807) is 11.1 Å². The van der Waals surface area contributed by atoms with Crippen molar-refractivity contribution in [1.82, 2.24) is 5.32 Å². The van der Waals surface area contributed by atoms with Gasteiger partial charge in [0.2, 0.25) is 0 Å². The fraction of sp³-hybridized carbons (Fsp3) is 0.218. The van der Waals surface area contributed by atoms with E-state index in [1.165, 1.54) is 98.9 Å². The number of nitrogens with zero attached hydrogens (tertiary/aromatic N) is 1. The van der Waals surface area contributed by atoms with Gasteiger partial charge in [-0.15, -0.1) is 0 Å². The average Bonchev–Trinajstić information content (AvgIpc) is 3.67. The van der Waals surface area contributed by atoms with E-state index in [9.17, 15) is 0 Å². The minimum Gasteiger partial charge on any atom is -0.363 e. The van der Waals surface area contributed by atoms with E-state index in [0.717, 1.165) is 17.8 Å². The Morgan fingerprint density at radius 2 is 1.09 bits per heavy atom. The molecule has 1 saturated carbocycles. The number of rotatable bonds is 5. The van der Waals surface area contributed by atoms with Crippen LogP contribution in [-0.4, -0.2) is 5.84 Å². The van der Waals surface area contributed by atoms with Crippen molar-refractivity contribution in [3.8, 4) is 44.5 Å². The van der Waals surface area contributed by atoms with Gasteiger partial charge in [0.1, 0.15) is 5.84 Å². The Bertz CT molecular complexity index is 2700. The molecule has 2 nitrogen and oxygen atoms in total. The number of fused-ring (bicyclic) bond motifs is 8. The van der Waals surface area contributed by atoms with Crippen LogP contribution in [0, 0.1) is 0 Å². The summed E-state index contributed by atoms with van der Waals surface area (Å²) in [6.07, 6.45) is 7.34. The number of aliphatic imine (C=N–C) groups is 1. The fourth-order valence-electron chi connectivity index (χ4n) is 11.0. The van der Waals surface area contributed by atoms with Crippen LogP contribution in [0.5, 0.6) is 0 Å². The summed E-state index contributed by atoms with van der Waals surface area (Å²) in [5.74, 6) is 0.957. The lowest BCUT2D eigenvalue weighted by Gasteiger charge is -2.36. The summed E-state index contributed by atoms with van der Waals surface area (Å²) in [7, 11) is 0. The molecule has 1 fully saturated rings. The van der Waals surface area contributed by atoms with Crippen molar-refractivity contribution in [2.45, 2.75) is 75.3 Å². The summed E-state index contributed by atoms with van der Waals surface area (Å²) < 4.78 is 0. The zero-order valence-electron chi connectivity index (χ0n) is 32.9. The Kier molecular flexibility index (Phi) is 8.00. The molecule has 278 valence electrons. The first-order chi connectivity index (χ1) is 28.0. The average molecular weight is 737 g/mol. The molecule has 7 aromatic carbocycles. The molecular weight excluding hydrogens is 689 g/mol. The molecule has 0 amide bonds. The summed E-state index contributed by atoms with van der Waals surface area (Å²) in [5.41, 5.74) is 20.5. The molecule has 3 aliphatic carbocycles. The molecule has 0 radical (unpaired) electrons. The molecule has 57 heavy (non-hydrogen) atoms. The van der Waals surface area contributed by atoms with Crippen LogP contribution in [0.3, 0.4) is 0 Å². The first-order valence-electron chi connectivity index (χ1n) is 21.1. The van der Waals surface area contributed by atoms with Gasteiger partial charge >= 0.3 is 0 Å². The van der Waals surface area contributed by atoms with Gasteiger partial charge in [-0.25, -0.2) is 0 Å². The smallest absolute Gasteiger partial charge is 0.129 e. The lowest BCUT2D eigenvalue weighted by Crippen LogP contribution is -2.34. The van der Waals surface area contributed by atoms with Crippen LogP contribution < -0.4 is 5.32 Å². The third-order valence-electron chi connectivity index (χ3n) is 13.9. The minimum atomic E-state index is -0.0928. The summed E-state index contributed by atoms with van der Waals surface area (Å²) in [6, 6.07) is 61.5. The Balaban J connectivity index is 0.990. The van der Waals surface area contributed by atoms with Gasteiger partial charge in [-0.3, -0.25) is 4.99 Å². The predicted molar refractivity (Wildman–Crippen MR) is 237 cm³/mol. The molecule has 2 atom stereocenters. The molecule has 1 N–H and O–H groups in total. The lowest BCUT2D eigenvalue weighted by molar-refractivity contribution is 0.353. The van der Waals surface area contributed by atoms with E-state index in [-0.39, 0.29) is 22.9 Å². The van der Waals surface area contributed by atoms with Gasteiger partial charge in [-0.1, -0.05) is 173 Å². The summed E-state index contributed by atoms with van der Waals surface area (Å²) >= 11 is 0. The van der Waals surface area contributed by atoms with Gasteiger partial charge in [0, 0.05) is 16.4 Å². The van der Waals surface area contributed by atoms with Gasteiger partial charge in [0.15, 0.2) is 0 Å². The molecule has 0 saturated heterocycles. The van der Waals surface area contributed by atoms with E-state index >= 15 is 0 Å². The maximum absolute atomic E-state index is 5.35. The predicted octanol–water partition coefficient (Wildman–Crippen LogP) is 13.8. The van der Waals surface area contributed by atoms with Crippen molar-refractivity contribution in [3.63, 3.8) is 0 Å². The Labute approximate surface area is 337 Å². The van der Waals surface area contributed by atoms with Crippen molar-refractivity contribution < 1.29 is 0 Å². The molecule has 11 rings (SSSR count). The number of hydrogen-bond acceptors (Lipinski definition) is 2. The van der Waals surface area contributed by atoms with Crippen molar-refractivity contribution >= 4 is 5.84 Å². The fourth-order valence-corrected chi connectivity index (χ4v) is 11.0. The van der Waals surface area contributed by atoms with Crippen molar-refractivity contribution in [2.75, 3.05) is 0 Å². The molecule has 1 aliphatic heterocycles. The van der Waals surface area contributed by atoms with Gasteiger partial charge in [-0.2, -0.15) is 0 Å². The minimum absolute atomic E-state index is 0.0336. The molecule has 7 aromatic rings. The summed E-state index contributed by atoms with van der Waals surface area (Å²) in [6.45, 7) is 4.86. The second-order valence-corrected chi connectivity index (χ2v) is 17.4. The summed E-state index contributed by atoms with van der Waals surface area (Å²) in [4.78, 5) is 5.35. The van der Waals surface area contributed by atoms with E-state index in [0.29, 0.717) is 0 Å². The van der Waals surface area contributed by atoms with Crippen LogP contribution in [0.2, 0.25) is 0 Å². The molecule has 1 heterocycles.